The quantitative estimate of drug-likeness (QED) is 0.801. The number of aromatic nitrogens is 2. The van der Waals surface area contributed by atoms with E-state index in [0.717, 1.165) is 18.4 Å². The van der Waals surface area contributed by atoms with Crippen molar-refractivity contribution in [2.75, 3.05) is 6.54 Å². The van der Waals surface area contributed by atoms with Crippen molar-refractivity contribution in [3.63, 3.8) is 0 Å². The van der Waals surface area contributed by atoms with Crippen molar-refractivity contribution in [1.29, 1.82) is 0 Å². The van der Waals surface area contributed by atoms with Crippen LogP contribution in [0.3, 0.4) is 0 Å². The van der Waals surface area contributed by atoms with E-state index < -0.39 is 0 Å². The lowest BCUT2D eigenvalue weighted by Gasteiger charge is -2.24. The third-order valence-corrected chi connectivity index (χ3v) is 3.49. The number of hydrogen-bond acceptors (Lipinski definition) is 2. The minimum atomic E-state index is 0.468. The van der Waals surface area contributed by atoms with E-state index >= 15 is 0 Å². The molecule has 0 aliphatic heterocycles. The largest absolute Gasteiger partial charge is 0.309 e. The maximum atomic E-state index is 4.26. The summed E-state index contributed by atoms with van der Waals surface area (Å²) < 4.78 is 1.99. The summed E-state index contributed by atoms with van der Waals surface area (Å²) in [6.07, 6.45) is 4.70. The molecular weight excluding hydrogens is 186 g/mol. The first-order valence-corrected chi connectivity index (χ1v) is 5.95. The van der Waals surface area contributed by atoms with Gasteiger partial charge in [0, 0.05) is 13.2 Å². The van der Waals surface area contributed by atoms with Crippen LogP contribution < -0.4 is 5.32 Å². The molecule has 1 saturated carbocycles. The molecule has 2 atom stereocenters. The zero-order valence-corrected chi connectivity index (χ0v) is 9.90. The van der Waals surface area contributed by atoms with Crippen molar-refractivity contribution < 1.29 is 0 Å². The first-order valence-electron chi connectivity index (χ1n) is 5.95. The summed E-state index contributed by atoms with van der Waals surface area (Å²) in [7, 11) is 2.03. The Bertz CT molecular complexity index is 314. The van der Waals surface area contributed by atoms with Gasteiger partial charge in [-0.25, -0.2) is 0 Å². The Morgan fingerprint density at radius 1 is 1.60 bits per heavy atom. The summed E-state index contributed by atoms with van der Waals surface area (Å²) in [5.41, 5.74) is 1.32. The molecule has 15 heavy (non-hydrogen) atoms. The topological polar surface area (TPSA) is 29.9 Å². The van der Waals surface area contributed by atoms with Crippen molar-refractivity contribution in [2.45, 2.75) is 32.7 Å². The standard InChI is InChI=1S/C12H21N3/c1-4-13-12(9(2)10-5-6-10)11-7-8-14-15(11)3/h7-10,12-13H,4-6H2,1-3H3. The van der Waals surface area contributed by atoms with E-state index in [4.69, 9.17) is 0 Å². The highest BCUT2D eigenvalue weighted by atomic mass is 15.3. The van der Waals surface area contributed by atoms with Crippen LogP contribution in [0.15, 0.2) is 12.3 Å². The molecule has 1 N–H and O–H groups in total. The van der Waals surface area contributed by atoms with Gasteiger partial charge in [0.05, 0.1) is 11.7 Å². The van der Waals surface area contributed by atoms with Crippen molar-refractivity contribution >= 4 is 0 Å². The van der Waals surface area contributed by atoms with Gasteiger partial charge in [0.1, 0.15) is 0 Å². The zero-order valence-electron chi connectivity index (χ0n) is 9.90. The van der Waals surface area contributed by atoms with Crippen molar-refractivity contribution in [3.05, 3.63) is 18.0 Å². The van der Waals surface area contributed by atoms with Gasteiger partial charge in [0.25, 0.3) is 0 Å². The van der Waals surface area contributed by atoms with E-state index in [1.807, 2.05) is 17.9 Å². The van der Waals surface area contributed by atoms with Crippen LogP contribution >= 0.6 is 0 Å². The number of aryl methyl sites for hydroxylation is 1. The van der Waals surface area contributed by atoms with Crippen LogP contribution in [-0.4, -0.2) is 16.3 Å². The van der Waals surface area contributed by atoms with E-state index in [9.17, 15) is 0 Å². The smallest absolute Gasteiger partial charge is 0.0553 e. The Hall–Kier alpha value is -0.830. The molecule has 84 valence electrons. The van der Waals surface area contributed by atoms with Gasteiger partial charge in [-0.05, 0) is 37.3 Å². The second kappa shape index (κ2) is 4.35. The molecule has 1 aliphatic rings. The fraction of sp³-hybridized carbons (Fsp3) is 0.750. The predicted molar refractivity (Wildman–Crippen MR) is 61.5 cm³/mol. The summed E-state index contributed by atoms with van der Waals surface area (Å²) in [6, 6.07) is 2.60. The van der Waals surface area contributed by atoms with Crippen LogP contribution in [0.2, 0.25) is 0 Å². The average Bonchev–Trinajstić information content (AvgIpc) is 2.98. The molecule has 3 heteroatoms. The second-order valence-corrected chi connectivity index (χ2v) is 4.61. The van der Waals surface area contributed by atoms with Crippen LogP contribution in [0.1, 0.15) is 38.4 Å². The van der Waals surface area contributed by atoms with E-state index in [1.165, 1.54) is 18.5 Å². The molecule has 0 amide bonds. The number of hydrogen-bond donors (Lipinski definition) is 1. The Labute approximate surface area is 91.9 Å². The molecular formula is C12H21N3. The Morgan fingerprint density at radius 2 is 2.33 bits per heavy atom. The monoisotopic (exact) mass is 207 g/mol. The summed E-state index contributed by atoms with van der Waals surface area (Å²) in [6.45, 7) is 5.55. The van der Waals surface area contributed by atoms with Crippen molar-refractivity contribution in [3.8, 4) is 0 Å². The van der Waals surface area contributed by atoms with Gasteiger partial charge in [-0.3, -0.25) is 4.68 Å². The van der Waals surface area contributed by atoms with Gasteiger partial charge in [0.15, 0.2) is 0 Å². The molecule has 0 saturated heterocycles. The second-order valence-electron chi connectivity index (χ2n) is 4.61. The SMILES string of the molecule is CCNC(c1ccnn1C)C(C)C1CC1. The molecule has 1 heterocycles. The summed E-state index contributed by atoms with van der Waals surface area (Å²) in [4.78, 5) is 0. The fourth-order valence-electron chi connectivity index (χ4n) is 2.36. The van der Waals surface area contributed by atoms with Crippen LogP contribution in [0, 0.1) is 11.8 Å². The highest BCUT2D eigenvalue weighted by molar-refractivity contribution is 5.09. The molecule has 1 aromatic rings. The van der Waals surface area contributed by atoms with Crippen LogP contribution in [0.5, 0.6) is 0 Å². The third-order valence-electron chi connectivity index (χ3n) is 3.49. The fourth-order valence-corrected chi connectivity index (χ4v) is 2.36. The number of nitrogens with one attached hydrogen (secondary N) is 1. The molecule has 0 spiro atoms. The van der Waals surface area contributed by atoms with Crippen LogP contribution in [0.25, 0.3) is 0 Å². The van der Waals surface area contributed by atoms with Gasteiger partial charge < -0.3 is 5.32 Å². The van der Waals surface area contributed by atoms with Gasteiger partial charge in [-0.2, -0.15) is 5.10 Å². The van der Waals surface area contributed by atoms with E-state index in [0.29, 0.717) is 6.04 Å². The predicted octanol–water partition coefficient (Wildman–Crippen LogP) is 2.12. The molecule has 0 bridgehead atoms. The molecule has 0 radical (unpaired) electrons. The molecule has 2 unspecified atom stereocenters. The molecule has 1 fully saturated rings. The van der Waals surface area contributed by atoms with Crippen LogP contribution in [0.4, 0.5) is 0 Å². The first-order chi connectivity index (χ1) is 7.24. The maximum Gasteiger partial charge on any atom is 0.0553 e. The highest BCUT2D eigenvalue weighted by Crippen LogP contribution is 2.42. The molecule has 3 nitrogen and oxygen atoms in total. The average molecular weight is 207 g/mol. The lowest BCUT2D eigenvalue weighted by molar-refractivity contribution is 0.339. The van der Waals surface area contributed by atoms with Crippen LogP contribution in [-0.2, 0) is 7.05 Å². The number of rotatable bonds is 5. The molecule has 0 aromatic carbocycles. The molecule has 1 aromatic heterocycles. The van der Waals surface area contributed by atoms with Gasteiger partial charge in [0.2, 0.25) is 0 Å². The van der Waals surface area contributed by atoms with Crippen molar-refractivity contribution in [2.24, 2.45) is 18.9 Å². The third kappa shape index (κ3) is 2.23. The first kappa shape index (κ1) is 10.7. The van der Waals surface area contributed by atoms with Gasteiger partial charge in [-0.1, -0.05) is 13.8 Å². The Kier molecular flexibility index (Phi) is 3.10. The minimum absolute atomic E-state index is 0.468. The Balaban J connectivity index is 2.14. The van der Waals surface area contributed by atoms with E-state index in [-0.39, 0.29) is 0 Å². The zero-order chi connectivity index (χ0) is 10.8. The highest BCUT2D eigenvalue weighted by Gasteiger charge is 2.34. The Morgan fingerprint density at radius 3 is 2.80 bits per heavy atom. The number of nitrogens with zero attached hydrogens (tertiary/aromatic N) is 2. The normalized spacial score (nSPS) is 20.2. The minimum Gasteiger partial charge on any atom is -0.309 e. The summed E-state index contributed by atoms with van der Waals surface area (Å²) in [5.74, 6) is 1.64. The van der Waals surface area contributed by atoms with E-state index in [2.05, 4.69) is 30.3 Å². The molecule has 1 aliphatic carbocycles. The van der Waals surface area contributed by atoms with Gasteiger partial charge >= 0.3 is 0 Å². The lowest BCUT2D eigenvalue weighted by atomic mass is 9.94. The van der Waals surface area contributed by atoms with E-state index in [1.54, 1.807) is 0 Å². The summed E-state index contributed by atoms with van der Waals surface area (Å²) >= 11 is 0. The van der Waals surface area contributed by atoms with Crippen molar-refractivity contribution in [1.82, 2.24) is 15.1 Å². The lowest BCUT2D eigenvalue weighted by Crippen LogP contribution is -2.29. The molecule has 2 rings (SSSR count). The summed E-state index contributed by atoms with van der Waals surface area (Å²) in [5, 5.41) is 7.84. The van der Waals surface area contributed by atoms with Gasteiger partial charge in [-0.15, -0.1) is 0 Å². The maximum absolute atomic E-state index is 4.26.